The highest BCUT2D eigenvalue weighted by Crippen LogP contribution is 2.42. The lowest BCUT2D eigenvalue weighted by Crippen LogP contribution is -2.30. The van der Waals surface area contributed by atoms with Gasteiger partial charge in [0, 0.05) is 12.3 Å². The van der Waals surface area contributed by atoms with Gasteiger partial charge in [0.1, 0.15) is 23.3 Å². The summed E-state index contributed by atoms with van der Waals surface area (Å²) < 4.78 is 11.3. The predicted octanol–water partition coefficient (Wildman–Crippen LogP) is 4.69. The normalized spacial score (nSPS) is 16.9. The van der Waals surface area contributed by atoms with Crippen LogP contribution < -0.4 is 14.4 Å². The van der Waals surface area contributed by atoms with E-state index in [0.29, 0.717) is 35.9 Å². The number of Topliss-reactive ketones (excluding diaryl/α,β-unsaturated/α-hetero) is 1. The molecule has 4 aromatic rings. The van der Waals surface area contributed by atoms with Gasteiger partial charge in [-0.1, -0.05) is 12.1 Å². The van der Waals surface area contributed by atoms with Crippen molar-refractivity contribution in [3.63, 3.8) is 0 Å². The number of ketones is 1. The van der Waals surface area contributed by atoms with Crippen molar-refractivity contribution in [1.29, 1.82) is 0 Å². The third-order valence-corrected chi connectivity index (χ3v) is 6.08. The van der Waals surface area contributed by atoms with Gasteiger partial charge in [0.25, 0.3) is 5.78 Å². The summed E-state index contributed by atoms with van der Waals surface area (Å²) in [7, 11) is 0. The molecule has 1 fully saturated rings. The van der Waals surface area contributed by atoms with Crippen molar-refractivity contribution in [2.24, 2.45) is 0 Å². The Kier molecular flexibility index (Phi) is 6.35. The van der Waals surface area contributed by atoms with Crippen LogP contribution in [0.5, 0.6) is 11.5 Å². The summed E-state index contributed by atoms with van der Waals surface area (Å²) >= 11 is 0. The van der Waals surface area contributed by atoms with Crippen molar-refractivity contribution in [2.45, 2.75) is 26.8 Å². The van der Waals surface area contributed by atoms with Crippen LogP contribution in [-0.4, -0.2) is 45.0 Å². The molecule has 0 saturated carbocycles. The molecular formula is C28H26N4O5. The second-order valence-electron chi connectivity index (χ2n) is 8.53. The van der Waals surface area contributed by atoms with Crippen LogP contribution in [0.1, 0.15) is 36.7 Å². The number of carbonyl (C=O) groups excluding carboxylic acids is 2. The highest BCUT2D eigenvalue weighted by atomic mass is 16.5. The molecule has 3 heterocycles. The third-order valence-electron chi connectivity index (χ3n) is 6.08. The molecule has 37 heavy (non-hydrogen) atoms. The Morgan fingerprint density at radius 3 is 2.59 bits per heavy atom. The van der Waals surface area contributed by atoms with Crippen LogP contribution in [0, 0.1) is 6.92 Å². The number of ether oxygens (including phenoxy) is 2. The number of fused-ring (bicyclic) bond motifs is 1. The van der Waals surface area contributed by atoms with Crippen molar-refractivity contribution in [1.82, 2.24) is 15.0 Å². The minimum Gasteiger partial charge on any atom is -0.507 e. The zero-order chi connectivity index (χ0) is 26.1. The van der Waals surface area contributed by atoms with E-state index in [4.69, 9.17) is 9.47 Å². The summed E-state index contributed by atoms with van der Waals surface area (Å²) in [5.74, 6) is -0.958. The van der Waals surface area contributed by atoms with Gasteiger partial charge in [-0.25, -0.2) is 4.98 Å². The minimum absolute atomic E-state index is 0.106. The number of hydrogen-bond donors (Lipinski definition) is 2. The smallest absolute Gasteiger partial charge is 0.302 e. The highest BCUT2D eigenvalue weighted by molar-refractivity contribution is 6.51. The second kappa shape index (κ2) is 9.77. The molecule has 9 heteroatoms. The number of carbonyl (C=O) groups is 2. The van der Waals surface area contributed by atoms with Gasteiger partial charge in [0.2, 0.25) is 5.95 Å². The Morgan fingerprint density at radius 2 is 1.86 bits per heavy atom. The number of pyridine rings is 1. The number of aryl methyl sites for hydroxylation is 1. The number of amides is 1. The molecule has 188 valence electrons. The summed E-state index contributed by atoms with van der Waals surface area (Å²) in [5, 5.41) is 11.5. The lowest BCUT2D eigenvalue weighted by molar-refractivity contribution is -0.132. The SMILES string of the molecule is CCOc1ccc(/C(O)=C2\C(=O)C(=O)N(c3nc4ccc(C)cc4[nH]3)C2c2ccccn2)c(OCC)c1. The Morgan fingerprint density at radius 1 is 1.05 bits per heavy atom. The van der Waals surface area contributed by atoms with Crippen LogP contribution in [-0.2, 0) is 9.59 Å². The molecule has 0 aliphatic carbocycles. The quantitative estimate of drug-likeness (QED) is 0.216. The Hall–Kier alpha value is -4.66. The molecule has 1 saturated heterocycles. The van der Waals surface area contributed by atoms with E-state index in [-0.39, 0.29) is 22.8 Å². The number of anilines is 1. The van der Waals surface area contributed by atoms with Crippen molar-refractivity contribution in [3.8, 4) is 11.5 Å². The second-order valence-corrected chi connectivity index (χ2v) is 8.53. The summed E-state index contributed by atoms with van der Waals surface area (Å²) in [6.07, 6.45) is 1.57. The van der Waals surface area contributed by atoms with E-state index in [1.165, 1.54) is 4.90 Å². The van der Waals surface area contributed by atoms with Crippen molar-refractivity contribution in [3.05, 3.63) is 83.2 Å². The molecule has 1 atom stereocenters. The maximum atomic E-state index is 13.5. The first-order valence-electron chi connectivity index (χ1n) is 12.0. The number of rotatable bonds is 7. The van der Waals surface area contributed by atoms with E-state index in [0.717, 1.165) is 11.1 Å². The van der Waals surface area contributed by atoms with Crippen LogP contribution in [0.25, 0.3) is 16.8 Å². The molecule has 9 nitrogen and oxygen atoms in total. The van der Waals surface area contributed by atoms with Crippen LogP contribution in [0.15, 0.2) is 66.4 Å². The predicted molar refractivity (Wildman–Crippen MR) is 139 cm³/mol. The molecule has 0 bridgehead atoms. The topological polar surface area (TPSA) is 118 Å². The van der Waals surface area contributed by atoms with Gasteiger partial charge in [-0.05, 0) is 62.7 Å². The first-order chi connectivity index (χ1) is 17.9. The van der Waals surface area contributed by atoms with E-state index in [9.17, 15) is 14.7 Å². The number of hydrogen-bond acceptors (Lipinski definition) is 7. The number of benzene rings is 2. The zero-order valence-corrected chi connectivity index (χ0v) is 20.7. The average Bonchev–Trinajstić information content (AvgIpc) is 3.42. The largest absolute Gasteiger partial charge is 0.507 e. The summed E-state index contributed by atoms with van der Waals surface area (Å²) in [6.45, 7) is 6.41. The monoisotopic (exact) mass is 498 g/mol. The van der Waals surface area contributed by atoms with Gasteiger partial charge >= 0.3 is 5.91 Å². The Balaban J connectivity index is 1.71. The fourth-order valence-corrected chi connectivity index (χ4v) is 4.47. The molecular weight excluding hydrogens is 472 g/mol. The maximum Gasteiger partial charge on any atom is 0.302 e. The molecule has 1 aliphatic rings. The molecule has 2 N–H and O–H groups in total. The summed E-state index contributed by atoms with van der Waals surface area (Å²) in [4.78, 5) is 40.3. The van der Waals surface area contributed by atoms with E-state index < -0.39 is 17.7 Å². The van der Waals surface area contributed by atoms with Crippen LogP contribution >= 0.6 is 0 Å². The number of aliphatic hydroxyl groups excluding tert-OH is 1. The van der Waals surface area contributed by atoms with Gasteiger partial charge in [0.05, 0.1) is 41.1 Å². The number of nitrogens with zero attached hydrogens (tertiary/aromatic N) is 3. The first kappa shape index (κ1) is 24.1. The molecule has 1 unspecified atom stereocenters. The van der Waals surface area contributed by atoms with E-state index in [2.05, 4.69) is 15.0 Å². The standard InChI is InChI=1S/C28H26N4O5/c1-4-36-17-10-11-18(22(15-17)37-5-2)25(33)23-24(20-8-6-7-13-29-20)32(27(35)26(23)34)28-30-19-12-9-16(3)14-21(19)31-28/h6-15,24,33H,4-5H2,1-3H3,(H,30,31)/b25-23+. The highest BCUT2D eigenvalue weighted by Gasteiger charge is 2.49. The van der Waals surface area contributed by atoms with Crippen LogP contribution in [0.4, 0.5) is 5.95 Å². The molecule has 5 rings (SSSR count). The van der Waals surface area contributed by atoms with Gasteiger partial charge < -0.3 is 19.6 Å². The Bertz CT molecular complexity index is 1530. The van der Waals surface area contributed by atoms with Gasteiger partial charge in [-0.3, -0.25) is 19.5 Å². The van der Waals surface area contributed by atoms with E-state index >= 15 is 0 Å². The van der Waals surface area contributed by atoms with Crippen LogP contribution in [0.3, 0.4) is 0 Å². The fraction of sp³-hybridized carbons (Fsp3) is 0.214. The summed E-state index contributed by atoms with van der Waals surface area (Å²) in [5.41, 5.74) is 2.96. The van der Waals surface area contributed by atoms with Crippen molar-refractivity contribution >= 4 is 34.4 Å². The molecule has 2 aromatic carbocycles. The lowest BCUT2D eigenvalue weighted by Gasteiger charge is -2.22. The fourth-order valence-electron chi connectivity index (χ4n) is 4.47. The lowest BCUT2D eigenvalue weighted by atomic mass is 9.98. The number of imidazole rings is 1. The van der Waals surface area contributed by atoms with E-state index in [1.54, 1.807) is 42.6 Å². The van der Waals surface area contributed by atoms with E-state index in [1.807, 2.05) is 39.0 Å². The Labute approximate surface area is 213 Å². The first-order valence-corrected chi connectivity index (χ1v) is 12.0. The molecule has 0 spiro atoms. The molecule has 1 amide bonds. The minimum atomic E-state index is -1.01. The number of aromatic amines is 1. The molecule has 0 radical (unpaired) electrons. The van der Waals surface area contributed by atoms with Crippen molar-refractivity contribution in [2.75, 3.05) is 18.1 Å². The third kappa shape index (κ3) is 4.29. The van der Waals surface area contributed by atoms with Gasteiger partial charge in [-0.15, -0.1) is 0 Å². The number of aromatic nitrogens is 3. The number of nitrogens with one attached hydrogen (secondary N) is 1. The van der Waals surface area contributed by atoms with Crippen molar-refractivity contribution < 1.29 is 24.2 Å². The average molecular weight is 499 g/mol. The number of aliphatic hydroxyl groups is 1. The summed E-state index contributed by atoms with van der Waals surface area (Å²) in [6, 6.07) is 14.8. The van der Waals surface area contributed by atoms with Crippen LogP contribution in [0.2, 0.25) is 0 Å². The molecule has 2 aromatic heterocycles. The maximum absolute atomic E-state index is 13.5. The molecule has 1 aliphatic heterocycles. The zero-order valence-electron chi connectivity index (χ0n) is 20.7. The number of H-pyrrole nitrogens is 1. The van der Waals surface area contributed by atoms with Gasteiger partial charge in [-0.2, -0.15) is 0 Å². The van der Waals surface area contributed by atoms with Gasteiger partial charge in [0.15, 0.2) is 0 Å².